The molecular weight excluding hydrogens is 392 g/mol. The highest BCUT2D eigenvalue weighted by Gasteiger charge is 1.78. The molecule has 0 amide bonds. The van der Waals surface area contributed by atoms with E-state index in [1.165, 1.54) is 0 Å². The Morgan fingerprint density at radius 1 is 0.613 bits per heavy atom. The fraction of sp³-hybridized carbons (Fsp3) is 0.615. The van der Waals surface area contributed by atoms with E-state index in [0.29, 0.717) is 13.0 Å². The standard InChI is InChI=1S/2C6H12O.2C5H10O.C4H8O/c2*1-2-3-4-5-6-7;1-5(2)3-4-6;1-2-3-4-5-6;1-2-3-4-5/h3-4,7H,2,5-6H2,1H3;2,7H,1,3-6H2;6H,1,3-4H2,2H3;2,6H,1,3-5H2;2,5H,1,3-4H2/b4-3+;;;;. The van der Waals surface area contributed by atoms with Crippen LogP contribution in [0.15, 0.2) is 62.3 Å². The van der Waals surface area contributed by atoms with Gasteiger partial charge in [0.2, 0.25) is 0 Å². The first-order valence-electron chi connectivity index (χ1n) is 11.1. The Kier molecular flexibility index (Phi) is 66.0. The summed E-state index contributed by atoms with van der Waals surface area (Å²) in [6.07, 6.45) is 17.5. The molecule has 0 heterocycles. The van der Waals surface area contributed by atoms with Gasteiger partial charge in [0.05, 0.1) is 0 Å². The van der Waals surface area contributed by atoms with Crippen LogP contribution in [0.1, 0.15) is 71.6 Å². The van der Waals surface area contributed by atoms with Gasteiger partial charge in [0.25, 0.3) is 0 Å². The summed E-state index contributed by atoms with van der Waals surface area (Å²) in [6, 6.07) is 0. The molecule has 5 N–H and O–H groups in total. The minimum atomic E-state index is 0.226. The third kappa shape index (κ3) is 95.2. The van der Waals surface area contributed by atoms with E-state index in [0.717, 1.165) is 56.9 Å². The topological polar surface area (TPSA) is 101 Å². The van der Waals surface area contributed by atoms with Crippen LogP contribution >= 0.6 is 0 Å². The van der Waals surface area contributed by atoms with Crippen molar-refractivity contribution in [3.8, 4) is 0 Å². The summed E-state index contributed by atoms with van der Waals surface area (Å²) >= 11 is 0. The van der Waals surface area contributed by atoms with Gasteiger partial charge in [-0.1, -0.05) is 42.9 Å². The fourth-order valence-corrected chi connectivity index (χ4v) is 1.28. The third-order valence-corrected chi connectivity index (χ3v) is 2.95. The molecule has 0 radical (unpaired) electrons. The Bertz CT molecular complexity index is 352. The van der Waals surface area contributed by atoms with Crippen LogP contribution in [0.2, 0.25) is 0 Å². The molecule has 0 aromatic rings. The van der Waals surface area contributed by atoms with Gasteiger partial charge in [0.1, 0.15) is 0 Å². The van der Waals surface area contributed by atoms with Crippen LogP contribution in [0, 0.1) is 0 Å². The maximum atomic E-state index is 8.26. The van der Waals surface area contributed by atoms with Crippen LogP contribution in [0.25, 0.3) is 0 Å². The van der Waals surface area contributed by atoms with Gasteiger partial charge < -0.3 is 25.5 Å². The molecule has 0 spiro atoms. The molecule has 0 fully saturated rings. The van der Waals surface area contributed by atoms with E-state index >= 15 is 0 Å². The SMILES string of the molecule is C=C(C)CCO.C=CCCCCO.C=CCCCO.C=CCCO.CC/C=C/CCO. The smallest absolute Gasteiger partial charge is 0.0467 e. The summed E-state index contributed by atoms with van der Waals surface area (Å²) in [4.78, 5) is 0. The maximum Gasteiger partial charge on any atom is 0.0467 e. The summed E-state index contributed by atoms with van der Waals surface area (Å²) in [5.74, 6) is 0. The lowest BCUT2D eigenvalue weighted by atomic mass is 10.2. The number of aliphatic hydroxyl groups is 5. The first kappa shape index (κ1) is 39.9. The molecular formula is C26H52O5. The van der Waals surface area contributed by atoms with Crippen molar-refractivity contribution in [1.29, 1.82) is 0 Å². The zero-order valence-electron chi connectivity index (χ0n) is 20.4. The van der Waals surface area contributed by atoms with Gasteiger partial charge in [0.15, 0.2) is 0 Å². The van der Waals surface area contributed by atoms with Crippen molar-refractivity contribution in [2.75, 3.05) is 33.0 Å². The quantitative estimate of drug-likeness (QED) is 0.189. The van der Waals surface area contributed by atoms with Crippen LogP contribution in [0.4, 0.5) is 0 Å². The molecule has 0 saturated heterocycles. The van der Waals surface area contributed by atoms with Crippen LogP contribution in [0.3, 0.4) is 0 Å². The first-order chi connectivity index (χ1) is 14.9. The molecule has 0 saturated carbocycles. The van der Waals surface area contributed by atoms with Crippen molar-refractivity contribution in [2.45, 2.75) is 71.6 Å². The normalized spacial score (nSPS) is 8.74. The van der Waals surface area contributed by atoms with Crippen molar-refractivity contribution in [3.05, 3.63) is 62.3 Å². The number of allylic oxidation sites excluding steroid dienone is 3. The van der Waals surface area contributed by atoms with Gasteiger partial charge in [0, 0.05) is 33.0 Å². The second kappa shape index (κ2) is 51.3. The largest absolute Gasteiger partial charge is 0.396 e. The predicted molar refractivity (Wildman–Crippen MR) is 137 cm³/mol. The zero-order chi connectivity index (χ0) is 25.0. The highest BCUT2D eigenvalue weighted by Crippen LogP contribution is 1.92. The molecule has 0 aliphatic heterocycles. The number of rotatable bonds is 14. The van der Waals surface area contributed by atoms with E-state index in [-0.39, 0.29) is 26.4 Å². The van der Waals surface area contributed by atoms with Crippen molar-refractivity contribution < 1.29 is 25.5 Å². The molecule has 5 nitrogen and oxygen atoms in total. The van der Waals surface area contributed by atoms with Gasteiger partial charge in [-0.25, -0.2) is 0 Å². The highest BCUT2D eigenvalue weighted by atomic mass is 16.3. The highest BCUT2D eigenvalue weighted by molar-refractivity contribution is 4.86. The lowest BCUT2D eigenvalue weighted by molar-refractivity contribution is 0.285. The second-order valence-corrected chi connectivity index (χ2v) is 6.29. The van der Waals surface area contributed by atoms with Crippen LogP contribution in [-0.4, -0.2) is 58.6 Å². The molecule has 5 heteroatoms. The lowest BCUT2D eigenvalue weighted by Gasteiger charge is -1.87. The number of unbranched alkanes of at least 4 members (excludes halogenated alkanes) is 3. The number of hydrogen-bond acceptors (Lipinski definition) is 5. The Morgan fingerprint density at radius 3 is 1.32 bits per heavy atom. The molecule has 0 bridgehead atoms. The molecule has 0 aromatic carbocycles. The Morgan fingerprint density at radius 2 is 1.10 bits per heavy atom. The fourth-order valence-electron chi connectivity index (χ4n) is 1.28. The molecule has 186 valence electrons. The minimum Gasteiger partial charge on any atom is -0.396 e. The molecule has 0 aliphatic rings. The van der Waals surface area contributed by atoms with Gasteiger partial charge in [-0.2, -0.15) is 0 Å². The molecule has 31 heavy (non-hydrogen) atoms. The van der Waals surface area contributed by atoms with Crippen molar-refractivity contribution >= 4 is 0 Å². The Balaban J connectivity index is -0.0000000913. The third-order valence-electron chi connectivity index (χ3n) is 2.95. The molecule has 0 aliphatic carbocycles. The molecule has 0 rings (SSSR count). The first-order valence-corrected chi connectivity index (χ1v) is 11.1. The Hall–Kier alpha value is -1.50. The van der Waals surface area contributed by atoms with Crippen molar-refractivity contribution in [3.63, 3.8) is 0 Å². The van der Waals surface area contributed by atoms with Crippen LogP contribution in [-0.2, 0) is 0 Å². The summed E-state index contributed by atoms with van der Waals surface area (Å²) in [6.45, 7) is 19.3. The number of hydrogen-bond donors (Lipinski definition) is 5. The average molecular weight is 445 g/mol. The van der Waals surface area contributed by atoms with E-state index in [2.05, 4.69) is 39.3 Å². The second-order valence-electron chi connectivity index (χ2n) is 6.29. The molecule has 0 aromatic heterocycles. The summed E-state index contributed by atoms with van der Waals surface area (Å²) < 4.78 is 0. The Labute approximate surface area is 192 Å². The lowest BCUT2D eigenvalue weighted by Crippen LogP contribution is -1.79. The molecule has 0 unspecified atom stereocenters. The summed E-state index contributed by atoms with van der Waals surface area (Å²) in [5.41, 5.74) is 1.04. The van der Waals surface area contributed by atoms with Crippen molar-refractivity contribution in [2.24, 2.45) is 0 Å². The van der Waals surface area contributed by atoms with Gasteiger partial charge in [-0.15, -0.1) is 26.3 Å². The van der Waals surface area contributed by atoms with E-state index in [4.69, 9.17) is 25.5 Å². The van der Waals surface area contributed by atoms with E-state index in [1.807, 2.05) is 19.1 Å². The van der Waals surface area contributed by atoms with Gasteiger partial charge in [-0.05, 0) is 64.7 Å². The van der Waals surface area contributed by atoms with Crippen molar-refractivity contribution in [1.82, 2.24) is 0 Å². The van der Waals surface area contributed by atoms with E-state index in [9.17, 15) is 0 Å². The minimum absolute atomic E-state index is 0.226. The predicted octanol–water partition coefficient (Wildman–Crippen LogP) is 5.11. The summed E-state index contributed by atoms with van der Waals surface area (Å²) in [5, 5.41) is 40.8. The molecule has 0 atom stereocenters. The monoisotopic (exact) mass is 444 g/mol. The zero-order valence-corrected chi connectivity index (χ0v) is 20.4. The van der Waals surface area contributed by atoms with Crippen LogP contribution in [0.5, 0.6) is 0 Å². The maximum absolute atomic E-state index is 8.26. The van der Waals surface area contributed by atoms with E-state index < -0.39 is 0 Å². The van der Waals surface area contributed by atoms with Crippen LogP contribution < -0.4 is 0 Å². The number of aliphatic hydroxyl groups excluding tert-OH is 5. The average Bonchev–Trinajstić information content (AvgIpc) is 2.75. The summed E-state index contributed by atoms with van der Waals surface area (Å²) in [7, 11) is 0. The van der Waals surface area contributed by atoms with E-state index in [1.54, 1.807) is 12.2 Å². The van der Waals surface area contributed by atoms with Gasteiger partial charge >= 0.3 is 0 Å². The van der Waals surface area contributed by atoms with Gasteiger partial charge in [-0.3, -0.25) is 0 Å².